The largest absolute Gasteiger partial charge is 0.336 e. The topological polar surface area (TPSA) is 83.6 Å². The number of hydrogen-bond acceptors (Lipinski definition) is 5. The smallest absolute Gasteiger partial charge is 0.234 e. The standard InChI is InChI=1S/C23H19N5OS/c1-13-10-14(2)20-17(11-13)21-22(25-20)27-28-23(26-21)30-12-19(29)24-18-9-5-7-15-6-3-4-8-16(15)18/h3-11H,12H2,1-2H3,(H,24,29)(H,25,27). The van der Waals surface area contributed by atoms with Crippen molar-refractivity contribution in [3.63, 3.8) is 0 Å². The summed E-state index contributed by atoms with van der Waals surface area (Å²) in [4.78, 5) is 20.5. The van der Waals surface area contributed by atoms with E-state index in [1.54, 1.807) is 0 Å². The molecule has 3 aromatic carbocycles. The minimum absolute atomic E-state index is 0.106. The number of benzene rings is 3. The summed E-state index contributed by atoms with van der Waals surface area (Å²) in [5.74, 6) is 0.0993. The number of aromatic amines is 1. The molecule has 0 saturated carbocycles. The Labute approximate surface area is 177 Å². The first kappa shape index (κ1) is 18.6. The second-order valence-corrected chi connectivity index (χ2v) is 8.23. The van der Waals surface area contributed by atoms with Crippen molar-refractivity contribution in [3.8, 4) is 0 Å². The summed E-state index contributed by atoms with van der Waals surface area (Å²) in [6.07, 6.45) is 0. The van der Waals surface area contributed by atoms with Crippen LogP contribution in [0.25, 0.3) is 32.8 Å². The maximum absolute atomic E-state index is 12.5. The highest BCUT2D eigenvalue weighted by molar-refractivity contribution is 7.99. The Bertz CT molecular complexity index is 1420. The summed E-state index contributed by atoms with van der Waals surface area (Å²) in [5, 5.41) is 15.0. The summed E-state index contributed by atoms with van der Waals surface area (Å²) < 4.78 is 0. The highest BCUT2D eigenvalue weighted by Gasteiger charge is 2.13. The lowest BCUT2D eigenvalue weighted by molar-refractivity contribution is -0.113. The number of aryl methyl sites for hydroxylation is 2. The van der Waals surface area contributed by atoms with E-state index >= 15 is 0 Å². The van der Waals surface area contributed by atoms with Gasteiger partial charge in [-0.1, -0.05) is 59.8 Å². The molecule has 0 saturated heterocycles. The van der Waals surface area contributed by atoms with E-state index in [0.29, 0.717) is 10.8 Å². The molecule has 7 heteroatoms. The van der Waals surface area contributed by atoms with Gasteiger partial charge in [-0.05, 0) is 36.9 Å². The van der Waals surface area contributed by atoms with Crippen molar-refractivity contribution in [1.29, 1.82) is 0 Å². The van der Waals surface area contributed by atoms with E-state index in [4.69, 9.17) is 0 Å². The third-order valence-corrected chi connectivity index (χ3v) is 5.88. The Morgan fingerprint density at radius 1 is 1.03 bits per heavy atom. The van der Waals surface area contributed by atoms with Crippen LogP contribution in [0.2, 0.25) is 0 Å². The number of hydrogen-bond donors (Lipinski definition) is 2. The molecule has 0 unspecified atom stereocenters. The monoisotopic (exact) mass is 413 g/mol. The second-order valence-electron chi connectivity index (χ2n) is 7.28. The van der Waals surface area contributed by atoms with E-state index in [1.165, 1.54) is 17.3 Å². The molecule has 0 bridgehead atoms. The molecule has 0 aliphatic heterocycles. The van der Waals surface area contributed by atoms with Gasteiger partial charge in [0, 0.05) is 16.5 Å². The van der Waals surface area contributed by atoms with Gasteiger partial charge in [0.2, 0.25) is 11.1 Å². The van der Waals surface area contributed by atoms with Crippen LogP contribution < -0.4 is 5.32 Å². The molecular weight excluding hydrogens is 394 g/mol. The van der Waals surface area contributed by atoms with Gasteiger partial charge in [-0.15, -0.1) is 10.2 Å². The lowest BCUT2D eigenvalue weighted by Gasteiger charge is -2.08. The molecule has 0 atom stereocenters. The number of rotatable bonds is 4. The van der Waals surface area contributed by atoms with Crippen molar-refractivity contribution >= 4 is 56.2 Å². The van der Waals surface area contributed by atoms with Crippen LogP contribution in [0.3, 0.4) is 0 Å². The van der Waals surface area contributed by atoms with Crippen molar-refractivity contribution in [2.45, 2.75) is 19.0 Å². The molecule has 0 fully saturated rings. The van der Waals surface area contributed by atoms with E-state index in [0.717, 1.165) is 38.4 Å². The number of carbonyl (C=O) groups excluding carboxylic acids is 1. The lowest BCUT2D eigenvalue weighted by Crippen LogP contribution is -2.14. The van der Waals surface area contributed by atoms with Crippen LogP contribution in [0.1, 0.15) is 11.1 Å². The van der Waals surface area contributed by atoms with Crippen molar-refractivity contribution < 1.29 is 4.79 Å². The Morgan fingerprint density at radius 3 is 2.77 bits per heavy atom. The van der Waals surface area contributed by atoms with Crippen LogP contribution >= 0.6 is 11.8 Å². The number of H-pyrrole nitrogens is 1. The highest BCUT2D eigenvalue weighted by atomic mass is 32.2. The number of nitrogens with zero attached hydrogens (tertiary/aromatic N) is 3. The van der Waals surface area contributed by atoms with Crippen molar-refractivity contribution in [2.24, 2.45) is 0 Å². The summed E-state index contributed by atoms with van der Waals surface area (Å²) >= 11 is 1.28. The number of nitrogens with one attached hydrogen (secondary N) is 2. The maximum atomic E-state index is 12.5. The van der Waals surface area contributed by atoms with Crippen molar-refractivity contribution in [3.05, 3.63) is 65.7 Å². The van der Waals surface area contributed by atoms with Crippen LogP contribution in [0.4, 0.5) is 5.69 Å². The minimum Gasteiger partial charge on any atom is -0.336 e. The molecule has 30 heavy (non-hydrogen) atoms. The quantitative estimate of drug-likeness (QED) is 0.405. The average molecular weight is 414 g/mol. The first-order valence-electron chi connectivity index (χ1n) is 9.62. The van der Waals surface area contributed by atoms with Gasteiger partial charge in [0.25, 0.3) is 0 Å². The van der Waals surface area contributed by atoms with Gasteiger partial charge in [0.05, 0.1) is 11.3 Å². The molecule has 0 aliphatic rings. The molecule has 5 aromatic rings. The molecular formula is C23H19N5OS. The summed E-state index contributed by atoms with van der Waals surface area (Å²) in [6.45, 7) is 4.12. The number of carbonyl (C=O) groups is 1. The molecule has 0 aliphatic carbocycles. The summed E-state index contributed by atoms with van der Waals surface area (Å²) in [6, 6.07) is 18.1. The Kier molecular flexibility index (Phi) is 4.59. The van der Waals surface area contributed by atoms with E-state index in [1.807, 2.05) is 42.5 Å². The van der Waals surface area contributed by atoms with Gasteiger partial charge >= 0.3 is 0 Å². The molecule has 2 heterocycles. The van der Waals surface area contributed by atoms with Gasteiger partial charge in [-0.2, -0.15) is 0 Å². The maximum Gasteiger partial charge on any atom is 0.234 e. The van der Waals surface area contributed by atoms with Gasteiger partial charge in [-0.25, -0.2) is 4.98 Å². The molecule has 5 rings (SSSR count). The Hall–Kier alpha value is -3.45. The van der Waals surface area contributed by atoms with Gasteiger partial charge in [0.15, 0.2) is 5.65 Å². The minimum atomic E-state index is -0.106. The zero-order valence-electron chi connectivity index (χ0n) is 16.6. The first-order chi connectivity index (χ1) is 14.6. The number of thioether (sulfide) groups is 1. The van der Waals surface area contributed by atoms with Gasteiger partial charge in [0.1, 0.15) is 5.52 Å². The van der Waals surface area contributed by atoms with E-state index < -0.39 is 0 Å². The van der Waals surface area contributed by atoms with Crippen molar-refractivity contribution in [2.75, 3.05) is 11.1 Å². The summed E-state index contributed by atoms with van der Waals surface area (Å²) in [7, 11) is 0. The summed E-state index contributed by atoms with van der Waals surface area (Å²) in [5.41, 5.74) is 5.58. The normalized spacial score (nSPS) is 11.4. The average Bonchev–Trinajstić information content (AvgIpc) is 3.11. The zero-order chi connectivity index (χ0) is 20.7. The zero-order valence-corrected chi connectivity index (χ0v) is 17.4. The van der Waals surface area contributed by atoms with Crippen LogP contribution in [0.5, 0.6) is 0 Å². The molecule has 2 aromatic heterocycles. The van der Waals surface area contributed by atoms with E-state index in [2.05, 4.69) is 51.5 Å². The molecule has 2 N–H and O–H groups in total. The fourth-order valence-corrected chi connectivity index (χ4v) is 4.32. The van der Waals surface area contributed by atoms with E-state index in [9.17, 15) is 4.79 Å². The van der Waals surface area contributed by atoms with Crippen LogP contribution in [-0.2, 0) is 4.79 Å². The third-order valence-electron chi connectivity index (χ3n) is 5.04. The third kappa shape index (κ3) is 3.37. The molecule has 0 spiro atoms. The lowest BCUT2D eigenvalue weighted by atomic mass is 10.1. The van der Waals surface area contributed by atoms with Crippen molar-refractivity contribution in [1.82, 2.24) is 20.2 Å². The Morgan fingerprint density at radius 2 is 1.87 bits per heavy atom. The fourth-order valence-electron chi connectivity index (χ4n) is 3.73. The molecule has 148 valence electrons. The first-order valence-corrected chi connectivity index (χ1v) is 10.6. The van der Waals surface area contributed by atoms with Crippen LogP contribution in [0.15, 0.2) is 59.8 Å². The predicted molar refractivity (Wildman–Crippen MR) is 122 cm³/mol. The SMILES string of the molecule is Cc1cc(C)c2[nH]c3nnc(SCC(=O)Nc4cccc5ccccc45)nc3c2c1. The van der Waals surface area contributed by atoms with Gasteiger partial charge in [-0.3, -0.25) is 4.79 Å². The molecule has 6 nitrogen and oxygen atoms in total. The van der Waals surface area contributed by atoms with Crippen LogP contribution in [-0.4, -0.2) is 31.8 Å². The molecule has 0 radical (unpaired) electrons. The van der Waals surface area contributed by atoms with Gasteiger partial charge < -0.3 is 10.3 Å². The number of amides is 1. The second kappa shape index (κ2) is 7.42. The Balaban J connectivity index is 1.37. The predicted octanol–water partition coefficient (Wildman–Crippen LogP) is 5.01. The number of aromatic nitrogens is 4. The van der Waals surface area contributed by atoms with Crippen LogP contribution in [0, 0.1) is 13.8 Å². The van der Waals surface area contributed by atoms with E-state index in [-0.39, 0.29) is 11.7 Å². The number of fused-ring (bicyclic) bond motifs is 4. The number of anilines is 1. The molecule has 1 amide bonds. The fraction of sp³-hybridized carbons (Fsp3) is 0.130. The highest BCUT2D eigenvalue weighted by Crippen LogP contribution is 2.28.